The normalized spacial score (nSPS) is 37.0. The minimum atomic E-state index is 0.338. The molecular weight excluding hydrogens is 260 g/mol. The van der Waals surface area contributed by atoms with Crippen molar-refractivity contribution < 1.29 is 4.74 Å². The van der Waals surface area contributed by atoms with Crippen LogP contribution in [0.5, 0.6) is 0 Å². The summed E-state index contributed by atoms with van der Waals surface area (Å²) in [4.78, 5) is 2.83. The molecule has 2 saturated heterocycles. The summed E-state index contributed by atoms with van der Waals surface area (Å²) in [5, 5.41) is 3.93. The molecule has 0 bridgehead atoms. The lowest BCUT2D eigenvalue weighted by molar-refractivity contribution is -0.0132. The van der Waals surface area contributed by atoms with Gasteiger partial charge in [-0.25, -0.2) is 0 Å². The predicted molar refractivity (Wildman–Crippen MR) is 87.6 cm³/mol. The second-order valence-corrected chi connectivity index (χ2v) is 7.82. The molecule has 1 N–H and O–H groups in total. The van der Waals surface area contributed by atoms with Crippen LogP contribution in [-0.4, -0.2) is 48.3 Å². The zero-order valence-corrected chi connectivity index (χ0v) is 14.3. The minimum absolute atomic E-state index is 0.338. The molecule has 0 aromatic rings. The van der Waals surface area contributed by atoms with Crippen molar-refractivity contribution in [2.75, 3.05) is 26.2 Å². The van der Waals surface area contributed by atoms with Crippen molar-refractivity contribution in [2.24, 2.45) is 5.92 Å². The fourth-order valence-electron chi connectivity index (χ4n) is 4.42. The largest absolute Gasteiger partial charge is 0.378 e. The highest BCUT2D eigenvalue weighted by molar-refractivity contribution is 5.08. The molecule has 3 heteroatoms. The Labute approximate surface area is 130 Å². The quantitative estimate of drug-likeness (QED) is 0.814. The van der Waals surface area contributed by atoms with E-state index >= 15 is 0 Å². The van der Waals surface area contributed by atoms with Gasteiger partial charge in [-0.3, -0.25) is 4.90 Å². The Hall–Kier alpha value is -0.120. The van der Waals surface area contributed by atoms with Gasteiger partial charge in [0.25, 0.3) is 0 Å². The smallest absolute Gasteiger partial charge is 0.0588 e. The summed E-state index contributed by atoms with van der Waals surface area (Å²) in [6, 6.07) is 0. The lowest BCUT2D eigenvalue weighted by Gasteiger charge is -2.54. The highest BCUT2D eigenvalue weighted by Gasteiger charge is 2.50. The molecule has 2 unspecified atom stereocenters. The van der Waals surface area contributed by atoms with Gasteiger partial charge in [-0.2, -0.15) is 0 Å². The third-order valence-corrected chi connectivity index (χ3v) is 6.59. The van der Waals surface area contributed by atoms with Crippen LogP contribution >= 0.6 is 0 Å². The Morgan fingerprint density at radius 3 is 2.52 bits per heavy atom. The summed E-state index contributed by atoms with van der Waals surface area (Å²) in [7, 11) is 0. The van der Waals surface area contributed by atoms with Crippen LogP contribution in [0.25, 0.3) is 0 Å². The first-order valence-electron chi connectivity index (χ1n) is 9.23. The van der Waals surface area contributed by atoms with Crippen LogP contribution in [-0.2, 0) is 4.74 Å². The Kier molecular flexibility index (Phi) is 4.63. The van der Waals surface area contributed by atoms with Gasteiger partial charge in [0.05, 0.1) is 6.10 Å². The SMILES string of the molecule is CCC1(CC)CN(CCC2CCCO2)C(C)(C2CC2)CN1. The molecule has 3 rings (SSSR count). The van der Waals surface area contributed by atoms with Gasteiger partial charge in [-0.1, -0.05) is 13.8 Å². The molecule has 0 spiro atoms. The van der Waals surface area contributed by atoms with E-state index in [9.17, 15) is 0 Å². The molecular formula is C18H34N2O. The van der Waals surface area contributed by atoms with E-state index in [2.05, 4.69) is 31.0 Å². The minimum Gasteiger partial charge on any atom is -0.378 e. The van der Waals surface area contributed by atoms with Crippen LogP contribution in [0.3, 0.4) is 0 Å². The van der Waals surface area contributed by atoms with Crippen molar-refractivity contribution in [3.8, 4) is 0 Å². The number of piperazine rings is 1. The average molecular weight is 294 g/mol. The standard InChI is InChI=1S/C18H34N2O/c1-4-18(5-2)14-20(11-10-16-7-6-12-21-16)17(3,13-19-18)15-8-9-15/h15-16,19H,4-14H2,1-3H3. The van der Waals surface area contributed by atoms with Crippen LogP contribution in [0.1, 0.15) is 65.7 Å². The first kappa shape index (κ1) is 15.8. The highest BCUT2D eigenvalue weighted by Crippen LogP contribution is 2.45. The molecule has 3 fully saturated rings. The van der Waals surface area contributed by atoms with Gasteiger partial charge in [0.15, 0.2) is 0 Å². The van der Waals surface area contributed by atoms with Crippen molar-refractivity contribution in [3.05, 3.63) is 0 Å². The monoisotopic (exact) mass is 294 g/mol. The third kappa shape index (κ3) is 3.16. The number of hydrogen-bond donors (Lipinski definition) is 1. The van der Waals surface area contributed by atoms with E-state index in [-0.39, 0.29) is 0 Å². The summed E-state index contributed by atoms with van der Waals surface area (Å²) in [5.74, 6) is 0.918. The van der Waals surface area contributed by atoms with Crippen LogP contribution in [0, 0.1) is 5.92 Å². The molecule has 1 aliphatic carbocycles. The molecule has 122 valence electrons. The summed E-state index contributed by atoms with van der Waals surface area (Å²) >= 11 is 0. The van der Waals surface area contributed by atoms with Crippen molar-refractivity contribution in [1.82, 2.24) is 10.2 Å². The molecule has 2 heterocycles. The van der Waals surface area contributed by atoms with Gasteiger partial charge in [0.1, 0.15) is 0 Å². The second kappa shape index (κ2) is 6.17. The van der Waals surface area contributed by atoms with E-state index in [1.165, 1.54) is 64.6 Å². The zero-order valence-electron chi connectivity index (χ0n) is 14.3. The molecule has 3 aliphatic rings. The van der Waals surface area contributed by atoms with E-state index in [0.717, 1.165) is 12.5 Å². The molecule has 0 aromatic heterocycles. The lowest BCUT2D eigenvalue weighted by atomic mass is 9.81. The topological polar surface area (TPSA) is 24.5 Å². The van der Waals surface area contributed by atoms with Gasteiger partial charge >= 0.3 is 0 Å². The number of ether oxygens (including phenoxy) is 1. The van der Waals surface area contributed by atoms with Gasteiger partial charge < -0.3 is 10.1 Å². The van der Waals surface area contributed by atoms with Crippen molar-refractivity contribution in [2.45, 2.75) is 82.9 Å². The molecule has 0 radical (unpaired) electrons. The number of rotatable bonds is 6. The van der Waals surface area contributed by atoms with E-state index in [0.29, 0.717) is 17.2 Å². The van der Waals surface area contributed by atoms with Gasteiger partial charge in [-0.05, 0) is 57.8 Å². The third-order valence-electron chi connectivity index (χ3n) is 6.59. The zero-order chi connectivity index (χ0) is 14.9. The Morgan fingerprint density at radius 1 is 1.19 bits per heavy atom. The van der Waals surface area contributed by atoms with E-state index in [1.54, 1.807) is 0 Å². The summed E-state index contributed by atoms with van der Waals surface area (Å²) in [6.07, 6.45) is 9.63. The highest BCUT2D eigenvalue weighted by atomic mass is 16.5. The van der Waals surface area contributed by atoms with E-state index in [1.807, 2.05) is 0 Å². The van der Waals surface area contributed by atoms with Crippen molar-refractivity contribution in [1.29, 1.82) is 0 Å². The maximum atomic E-state index is 5.85. The van der Waals surface area contributed by atoms with Crippen molar-refractivity contribution in [3.63, 3.8) is 0 Å². The molecule has 1 saturated carbocycles. The van der Waals surface area contributed by atoms with E-state index in [4.69, 9.17) is 4.74 Å². The van der Waals surface area contributed by atoms with Gasteiger partial charge in [0, 0.05) is 37.3 Å². The molecule has 0 amide bonds. The lowest BCUT2D eigenvalue weighted by Crippen LogP contribution is -2.69. The molecule has 2 aliphatic heterocycles. The Bertz CT molecular complexity index is 345. The first-order valence-corrected chi connectivity index (χ1v) is 9.23. The fourth-order valence-corrected chi connectivity index (χ4v) is 4.42. The Balaban J connectivity index is 1.66. The summed E-state index contributed by atoms with van der Waals surface area (Å²) in [5.41, 5.74) is 0.720. The first-order chi connectivity index (χ1) is 10.1. The number of nitrogens with one attached hydrogen (secondary N) is 1. The predicted octanol–water partition coefficient (Wildman–Crippen LogP) is 3.19. The van der Waals surface area contributed by atoms with Gasteiger partial charge in [-0.15, -0.1) is 0 Å². The Morgan fingerprint density at radius 2 is 1.95 bits per heavy atom. The average Bonchev–Trinajstić information content (AvgIpc) is 3.25. The molecule has 0 aromatic carbocycles. The second-order valence-electron chi connectivity index (χ2n) is 7.82. The molecule has 21 heavy (non-hydrogen) atoms. The number of hydrogen-bond acceptors (Lipinski definition) is 3. The van der Waals surface area contributed by atoms with Crippen LogP contribution in [0.15, 0.2) is 0 Å². The number of nitrogens with zero attached hydrogens (tertiary/aromatic N) is 1. The molecule has 3 nitrogen and oxygen atoms in total. The van der Waals surface area contributed by atoms with Crippen LogP contribution in [0.4, 0.5) is 0 Å². The fraction of sp³-hybridized carbons (Fsp3) is 1.00. The van der Waals surface area contributed by atoms with Crippen molar-refractivity contribution >= 4 is 0 Å². The summed E-state index contributed by atoms with van der Waals surface area (Å²) < 4.78 is 5.85. The van der Waals surface area contributed by atoms with Gasteiger partial charge in [0.2, 0.25) is 0 Å². The maximum Gasteiger partial charge on any atom is 0.0588 e. The van der Waals surface area contributed by atoms with Crippen LogP contribution < -0.4 is 5.32 Å². The molecule has 2 atom stereocenters. The maximum absolute atomic E-state index is 5.85. The van der Waals surface area contributed by atoms with Crippen LogP contribution in [0.2, 0.25) is 0 Å². The summed E-state index contributed by atoms with van der Waals surface area (Å²) in [6.45, 7) is 11.8. The van der Waals surface area contributed by atoms with E-state index < -0.39 is 0 Å².